The van der Waals surface area contributed by atoms with Gasteiger partial charge in [-0.25, -0.2) is 21.6 Å². The van der Waals surface area contributed by atoms with E-state index in [0.29, 0.717) is 6.07 Å². The molecule has 2 aromatic rings. The summed E-state index contributed by atoms with van der Waals surface area (Å²) in [6.45, 7) is 2.08. The van der Waals surface area contributed by atoms with Gasteiger partial charge in [-0.15, -0.1) is 0 Å². The highest BCUT2D eigenvalue weighted by molar-refractivity contribution is 7.89. The Kier molecular flexibility index (Phi) is 3.93. The third kappa shape index (κ3) is 3.11. The van der Waals surface area contributed by atoms with Gasteiger partial charge in [-0.1, -0.05) is 17.7 Å². The maximum atomic E-state index is 13.6. The Labute approximate surface area is 132 Å². The van der Waals surface area contributed by atoms with Gasteiger partial charge in [-0.05, 0) is 37.1 Å². The second-order valence-electron chi connectivity index (χ2n) is 5.60. The molecular weight excluding hydrogens is 327 g/mol. The fourth-order valence-corrected chi connectivity index (χ4v) is 4.03. The smallest absolute Gasteiger partial charge is 0.207 e. The number of halogens is 3. The molecule has 0 aliphatic carbocycles. The van der Waals surface area contributed by atoms with E-state index in [1.165, 1.54) is 16.4 Å². The van der Waals surface area contributed by atoms with Crippen molar-refractivity contribution in [1.29, 1.82) is 0 Å². The van der Waals surface area contributed by atoms with Gasteiger partial charge in [-0.2, -0.15) is 4.31 Å². The standard InChI is InChI=1S/C16H14F3NO2S/c1-10-2-4-13(5-3-10)23(21,22)20-9-12(20)6-11-7-15(18)16(19)8-14(11)17/h2-5,7-8,12H,6,9H2,1H3. The molecule has 3 nitrogen and oxygen atoms in total. The van der Waals surface area contributed by atoms with Gasteiger partial charge in [0, 0.05) is 18.7 Å². The summed E-state index contributed by atoms with van der Waals surface area (Å²) in [7, 11) is -3.64. The monoisotopic (exact) mass is 341 g/mol. The van der Waals surface area contributed by atoms with Crippen molar-refractivity contribution in [1.82, 2.24) is 4.31 Å². The Hall–Kier alpha value is -1.86. The van der Waals surface area contributed by atoms with Crippen LogP contribution in [-0.4, -0.2) is 25.3 Å². The van der Waals surface area contributed by atoms with Crippen LogP contribution in [0.3, 0.4) is 0 Å². The lowest BCUT2D eigenvalue weighted by atomic mass is 10.1. The molecule has 0 N–H and O–H groups in total. The van der Waals surface area contributed by atoms with Crippen LogP contribution in [-0.2, 0) is 16.4 Å². The van der Waals surface area contributed by atoms with Crippen LogP contribution in [0.15, 0.2) is 41.3 Å². The fourth-order valence-electron chi connectivity index (χ4n) is 2.44. The van der Waals surface area contributed by atoms with Crippen molar-refractivity contribution in [3.05, 3.63) is 65.0 Å². The SMILES string of the molecule is Cc1ccc(S(=O)(=O)N2CC2Cc2cc(F)c(F)cc2F)cc1. The van der Waals surface area contributed by atoms with E-state index in [2.05, 4.69) is 0 Å². The van der Waals surface area contributed by atoms with Crippen LogP contribution in [0.1, 0.15) is 11.1 Å². The van der Waals surface area contributed by atoms with Gasteiger partial charge < -0.3 is 0 Å². The minimum atomic E-state index is -3.64. The molecule has 1 fully saturated rings. The molecule has 0 spiro atoms. The van der Waals surface area contributed by atoms with E-state index in [1.54, 1.807) is 12.1 Å². The number of rotatable bonds is 4. The summed E-state index contributed by atoms with van der Waals surface area (Å²) in [5.41, 5.74) is 0.908. The van der Waals surface area contributed by atoms with Gasteiger partial charge in [0.2, 0.25) is 10.0 Å². The van der Waals surface area contributed by atoms with Crippen LogP contribution in [0.2, 0.25) is 0 Å². The maximum Gasteiger partial charge on any atom is 0.243 e. The zero-order chi connectivity index (χ0) is 16.8. The van der Waals surface area contributed by atoms with Crippen LogP contribution < -0.4 is 0 Å². The van der Waals surface area contributed by atoms with E-state index in [1.807, 2.05) is 6.92 Å². The number of hydrogen-bond acceptors (Lipinski definition) is 2. The van der Waals surface area contributed by atoms with Crippen LogP contribution in [0.4, 0.5) is 13.2 Å². The van der Waals surface area contributed by atoms with Crippen molar-refractivity contribution in [2.24, 2.45) is 0 Å². The minimum Gasteiger partial charge on any atom is -0.207 e. The Morgan fingerprint density at radius 1 is 1.04 bits per heavy atom. The molecule has 122 valence electrons. The van der Waals surface area contributed by atoms with E-state index >= 15 is 0 Å². The molecule has 0 aromatic heterocycles. The van der Waals surface area contributed by atoms with Gasteiger partial charge in [0.1, 0.15) is 5.82 Å². The first-order valence-corrected chi connectivity index (χ1v) is 8.45. The predicted molar refractivity (Wildman–Crippen MR) is 78.9 cm³/mol. The Morgan fingerprint density at radius 3 is 2.30 bits per heavy atom. The van der Waals surface area contributed by atoms with Crippen LogP contribution in [0, 0.1) is 24.4 Å². The Morgan fingerprint density at radius 2 is 1.65 bits per heavy atom. The van der Waals surface area contributed by atoms with Crippen molar-refractivity contribution < 1.29 is 21.6 Å². The molecule has 2 unspecified atom stereocenters. The Bertz CT molecular complexity index is 850. The molecule has 1 aliphatic rings. The number of nitrogens with zero attached hydrogens (tertiary/aromatic N) is 1. The number of hydrogen-bond donors (Lipinski definition) is 0. The molecule has 1 aliphatic heterocycles. The third-order valence-electron chi connectivity index (χ3n) is 3.84. The van der Waals surface area contributed by atoms with Gasteiger partial charge in [-0.3, -0.25) is 0 Å². The summed E-state index contributed by atoms with van der Waals surface area (Å²) in [6, 6.07) is 7.23. The number of sulfonamides is 1. The number of benzene rings is 2. The van der Waals surface area contributed by atoms with E-state index in [-0.39, 0.29) is 23.4 Å². The number of aryl methyl sites for hydroxylation is 1. The topological polar surface area (TPSA) is 37.1 Å². The summed E-state index contributed by atoms with van der Waals surface area (Å²) >= 11 is 0. The minimum absolute atomic E-state index is 0.00806. The molecule has 1 saturated heterocycles. The molecular formula is C16H14F3NO2S. The van der Waals surface area contributed by atoms with Gasteiger partial charge in [0.15, 0.2) is 11.6 Å². The highest BCUT2D eigenvalue weighted by Gasteiger charge is 2.44. The van der Waals surface area contributed by atoms with Gasteiger partial charge in [0.05, 0.1) is 4.90 Å². The van der Waals surface area contributed by atoms with Crippen molar-refractivity contribution in [2.75, 3.05) is 6.54 Å². The lowest BCUT2D eigenvalue weighted by Gasteiger charge is -2.08. The molecule has 23 heavy (non-hydrogen) atoms. The molecule has 0 amide bonds. The van der Waals surface area contributed by atoms with Crippen molar-refractivity contribution in [2.45, 2.75) is 24.3 Å². The first-order valence-electron chi connectivity index (χ1n) is 7.01. The summed E-state index contributed by atoms with van der Waals surface area (Å²) in [4.78, 5) is 0.163. The third-order valence-corrected chi connectivity index (χ3v) is 5.77. The molecule has 1 heterocycles. The normalized spacial score (nSPS) is 20.5. The maximum absolute atomic E-state index is 13.6. The van der Waals surface area contributed by atoms with Crippen LogP contribution in [0.5, 0.6) is 0 Å². The molecule has 2 aromatic carbocycles. The van der Waals surface area contributed by atoms with E-state index in [9.17, 15) is 21.6 Å². The molecule has 0 saturated carbocycles. The van der Waals surface area contributed by atoms with Crippen molar-refractivity contribution in [3.63, 3.8) is 0 Å². The largest absolute Gasteiger partial charge is 0.243 e. The highest BCUT2D eigenvalue weighted by atomic mass is 32.2. The summed E-state index contributed by atoms with van der Waals surface area (Å²) in [6.07, 6.45) is 0.00806. The Balaban J connectivity index is 1.77. The fraction of sp³-hybridized carbons (Fsp3) is 0.250. The highest BCUT2D eigenvalue weighted by Crippen LogP contribution is 2.31. The van der Waals surface area contributed by atoms with Crippen molar-refractivity contribution >= 4 is 10.0 Å². The molecule has 2 atom stereocenters. The second-order valence-corrected chi connectivity index (χ2v) is 7.49. The summed E-state index contributed by atoms with van der Waals surface area (Å²) < 4.78 is 65.8. The lowest BCUT2D eigenvalue weighted by Crippen LogP contribution is -2.16. The molecule has 3 rings (SSSR count). The van der Waals surface area contributed by atoms with Crippen LogP contribution in [0.25, 0.3) is 0 Å². The van der Waals surface area contributed by atoms with Gasteiger partial charge in [0.25, 0.3) is 0 Å². The zero-order valence-corrected chi connectivity index (χ0v) is 13.1. The van der Waals surface area contributed by atoms with E-state index in [0.717, 1.165) is 11.6 Å². The van der Waals surface area contributed by atoms with E-state index in [4.69, 9.17) is 0 Å². The first kappa shape index (κ1) is 16.0. The predicted octanol–water partition coefficient (Wildman–Crippen LogP) is 3.03. The zero-order valence-electron chi connectivity index (χ0n) is 12.3. The van der Waals surface area contributed by atoms with Crippen LogP contribution >= 0.6 is 0 Å². The average Bonchev–Trinajstić information content (AvgIpc) is 3.25. The molecule has 7 heteroatoms. The first-order chi connectivity index (χ1) is 10.8. The second kappa shape index (κ2) is 5.65. The lowest BCUT2D eigenvalue weighted by molar-refractivity contribution is 0.488. The summed E-state index contributed by atoms with van der Waals surface area (Å²) in [5, 5.41) is 0. The molecule has 0 bridgehead atoms. The van der Waals surface area contributed by atoms with E-state index < -0.39 is 33.5 Å². The summed E-state index contributed by atoms with van der Waals surface area (Å²) in [5.74, 6) is -3.27. The van der Waals surface area contributed by atoms with Gasteiger partial charge >= 0.3 is 0 Å². The quantitative estimate of drug-likeness (QED) is 0.633. The average molecular weight is 341 g/mol. The van der Waals surface area contributed by atoms with Crippen molar-refractivity contribution in [3.8, 4) is 0 Å². The molecule has 0 radical (unpaired) electrons.